The van der Waals surface area contributed by atoms with E-state index in [0.717, 1.165) is 0 Å². The summed E-state index contributed by atoms with van der Waals surface area (Å²) in [7, 11) is -1.18. The van der Waals surface area contributed by atoms with E-state index in [1.807, 2.05) is 0 Å². The average molecular weight is 138 g/mol. The monoisotopic (exact) mass is 138 g/mol. The van der Waals surface area contributed by atoms with E-state index < -0.39 is 8.25 Å². The Morgan fingerprint density at radius 3 is 2.00 bits per heavy atom. The maximum Gasteiger partial charge on any atom is 0.694 e. The van der Waals surface area contributed by atoms with Crippen molar-refractivity contribution in [2.75, 3.05) is 20.2 Å². The van der Waals surface area contributed by atoms with Crippen LogP contribution in [0.1, 0.15) is 0 Å². The topological polar surface area (TPSA) is 68.5 Å². The first-order valence-electron chi connectivity index (χ1n) is 2.18. The van der Waals surface area contributed by atoms with E-state index in [9.17, 15) is 4.57 Å². The van der Waals surface area contributed by atoms with Crippen LogP contribution in [0, 0.1) is 0 Å². The normalized spacial score (nSPS) is 16.0. The number of rotatable bonds is 1. The van der Waals surface area contributed by atoms with Crippen molar-refractivity contribution in [1.29, 1.82) is 0 Å². The Labute approximate surface area is 48.8 Å². The van der Waals surface area contributed by atoms with Crippen molar-refractivity contribution in [2.24, 2.45) is 0 Å². The summed E-state index contributed by atoms with van der Waals surface area (Å²) in [4.78, 5) is 7.65. The molecule has 0 aliphatic carbocycles. The molecule has 0 radical (unpaired) electrons. The zero-order valence-corrected chi connectivity index (χ0v) is 5.52. The summed E-state index contributed by atoms with van der Waals surface area (Å²) >= 11 is 0. The van der Waals surface area contributed by atoms with Gasteiger partial charge in [-0.3, -0.25) is 0 Å². The van der Waals surface area contributed by atoms with Gasteiger partial charge in [0, 0.05) is 17.7 Å². The Balaban J connectivity index is 0.000000135. The number of hydrogen-bond acceptors (Lipinski definition) is 3. The van der Waals surface area contributed by atoms with Gasteiger partial charge < -0.3 is 5.32 Å². The summed E-state index contributed by atoms with van der Waals surface area (Å²) < 4.78 is 13.1. The van der Waals surface area contributed by atoms with Crippen molar-refractivity contribution in [2.45, 2.75) is 0 Å². The van der Waals surface area contributed by atoms with E-state index in [2.05, 4.69) is 9.84 Å². The van der Waals surface area contributed by atoms with Crippen LogP contribution in [0.4, 0.5) is 0 Å². The second-order valence-electron chi connectivity index (χ2n) is 1.17. The van der Waals surface area contributed by atoms with Gasteiger partial charge in [0.2, 0.25) is 0 Å². The van der Waals surface area contributed by atoms with Gasteiger partial charge in [0.15, 0.2) is 0 Å². The third-order valence-electron chi connectivity index (χ3n) is 0.406. The van der Waals surface area contributed by atoms with Gasteiger partial charge in [0.05, 0.1) is 7.11 Å². The van der Waals surface area contributed by atoms with E-state index in [0.29, 0.717) is 0 Å². The zero-order valence-electron chi connectivity index (χ0n) is 4.63. The predicted molar refractivity (Wildman–Crippen MR) is 29.7 cm³/mol. The second kappa shape index (κ2) is 5.12. The van der Waals surface area contributed by atoms with Gasteiger partial charge in [-0.15, -0.1) is 9.42 Å². The zero-order chi connectivity index (χ0) is 6.41. The highest BCUT2D eigenvalue weighted by Crippen LogP contribution is 2.09. The molecule has 48 valence electrons. The van der Waals surface area contributed by atoms with Crippen LogP contribution < -0.4 is 5.32 Å². The molecule has 1 fully saturated rings. The molecule has 1 heterocycles. The Bertz CT molecular complexity index is 72.2. The van der Waals surface area contributed by atoms with E-state index in [-0.39, 0.29) is 0 Å². The molecule has 2 N–H and O–H groups in total. The third-order valence-corrected chi connectivity index (χ3v) is 0.719. The second-order valence-corrected chi connectivity index (χ2v) is 2.01. The fourth-order valence-corrected chi connectivity index (χ4v) is 0. The lowest BCUT2D eigenvalue weighted by Crippen LogP contribution is -1.57. The number of nitrogens with one attached hydrogen (secondary N) is 1. The van der Waals surface area contributed by atoms with E-state index >= 15 is 0 Å². The Kier molecular flexibility index (Phi) is 5.11. The molecule has 1 rings (SSSR count). The summed E-state index contributed by atoms with van der Waals surface area (Å²) in [5, 5.41) is 3.00. The van der Waals surface area contributed by atoms with Gasteiger partial charge in [-0.1, -0.05) is 0 Å². The average Bonchev–Trinajstić information content (AvgIpc) is 2.48. The summed E-state index contributed by atoms with van der Waals surface area (Å²) in [6, 6.07) is 0. The molecule has 1 unspecified atom stereocenters. The fraction of sp³-hybridized carbons (Fsp3) is 1.00. The van der Waals surface area contributed by atoms with Gasteiger partial charge >= 0.3 is 8.25 Å². The molecule has 0 aromatic heterocycles. The maximum absolute atomic E-state index is 9.29. The van der Waals surface area contributed by atoms with Crippen molar-refractivity contribution >= 4 is 8.25 Å². The molecular weight excluding hydrogens is 129 g/mol. The Morgan fingerprint density at radius 2 is 2.00 bits per heavy atom. The van der Waals surface area contributed by atoms with Crippen LogP contribution in [0.2, 0.25) is 0 Å². The quantitative estimate of drug-likeness (QED) is 0.391. The van der Waals surface area contributed by atoms with E-state index in [1.54, 1.807) is 0 Å². The molecule has 1 aliphatic heterocycles. The minimum absolute atomic E-state index is 1.17. The van der Waals surface area contributed by atoms with Crippen LogP contribution in [0.15, 0.2) is 0 Å². The molecule has 1 atom stereocenters. The first-order valence-corrected chi connectivity index (χ1v) is 3.31. The van der Waals surface area contributed by atoms with Crippen molar-refractivity contribution in [1.82, 2.24) is 5.32 Å². The lowest BCUT2D eigenvalue weighted by Gasteiger charge is -1.55. The maximum atomic E-state index is 9.29. The fourth-order valence-electron chi connectivity index (χ4n) is 0. The summed E-state index contributed by atoms with van der Waals surface area (Å²) in [6.07, 6.45) is 0. The van der Waals surface area contributed by atoms with E-state index in [4.69, 9.17) is 4.89 Å². The molecule has 0 saturated carbocycles. The number of hydrogen-bond donors (Lipinski definition) is 2. The Morgan fingerprint density at radius 1 is 1.75 bits per heavy atom. The van der Waals surface area contributed by atoms with Crippen molar-refractivity contribution in [3.8, 4) is 0 Å². The summed E-state index contributed by atoms with van der Waals surface area (Å²) in [6.45, 7) is 2.50. The van der Waals surface area contributed by atoms with Crippen LogP contribution in [-0.4, -0.2) is 25.1 Å². The van der Waals surface area contributed by atoms with Gasteiger partial charge in [-0.25, -0.2) is 0 Å². The minimum atomic E-state index is -2.35. The largest absolute Gasteiger partial charge is 0.694 e. The molecule has 0 bridgehead atoms. The smallest absolute Gasteiger partial charge is 0.314 e. The van der Waals surface area contributed by atoms with Gasteiger partial charge in [-0.2, -0.15) is 0 Å². The highest BCUT2D eigenvalue weighted by atomic mass is 31.1. The molecular formula is C3H9NO3P+. The molecule has 1 saturated heterocycles. The highest BCUT2D eigenvalue weighted by molar-refractivity contribution is 7.32. The van der Waals surface area contributed by atoms with Crippen LogP contribution in [0.5, 0.6) is 0 Å². The third kappa shape index (κ3) is 16.7. The van der Waals surface area contributed by atoms with Gasteiger partial charge in [0.25, 0.3) is 0 Å². The molecule has 5 heteroatoms. The minimum Gasteiger partial charge on any atom is -0.314 e. The van der Waals surface area contributed by atoms with Crippen molar-refractivity contribution in [3.63, 3.8) is 0 Å². The van der Waals surface area contributed by atoms with Gasteiger partial charge in [-0.05, 0) is 0 Å². The molecule has 0 aromatic carbocycles. The Hall–Kier alpha value is -0.0200. The summed E-state index contributed by atoms with van der Waals surface area (Å²) in [5.74, 6) is 0. The summed E-state index contributed by atoms with van der Waals surface area (Å²) in [5.41, 5.74) is 0. The first kappa shape index (κ1) is 7.98. The van der Waals surface area contributed by atoms with Crippen LogP contribution in [0.3, 0.4) is 0 Å². The van der Waals surface area contributed by atoms with Crippen LogP contribution >= 0.6 is 8.25 Å². The molecule has 0 spiro atoms. The molecule has 0 aromatic rings. The highest BCUT2D eigenvalue weighted by Gasteiger charge is 2.02. The molecule has 1 aliphatic rings. The standard InChI is InChI=1S/C2H5N.CH3O3P/c1-2-3-1;1-4-5(2)3/h3H,1-2H2;1H3/p+1. The SMILES string of the molecule is C1CN1.CO[P+](=O)O. The van der Waals surface area contributed by atoms with Crippen LogP contribution in [-0.2, 0) is 9.09 Å². The van der Waals surface area contributed by atoms with Crippen molar-refractivity contribution < 1.29 is 14.0 Å². The lowest BCUT2D eigenvalue weighted by molar-refractivity contribution is 0.343. The molecule has 8 heavy (non-hydrogen) atoms. The first-order chi connectivity index (χ1) is 3.77. The predicted octanol–water partition coefficient (Wildman–Crippen LogP) is -0.128. The van der Waals surface area contributed by atoms with Crippen molar-refractivity contribution in [3.05, 3.63) is 0 Å². The molecule has 0 amide bonds. The lowest BCUT2D eigenvalue weighted by atomic mass is 11.0. The molecule has 4 nitrogen and oxygen atoms in total. The van der Waals surface area contributed by atoms with E-state index in [1.165, 1.54) is 20.2 Å². The van der Waals surface area contributed by atoms with Gasteiger partial charge in [0.1, 0.15) is 0 Å². The van der Waals surface area contributed by atoms with Crippen LogP contribution in [0.25, 0.3) is 0 Å².